The molecule has 0 aliphatic heterocycles. The van der Waals surface area contributed by atoms with Gasteiger partial charge in [0.1, 0.15) is 5.58 Å². The zero-order valence-electron chi connectivity index (χ0n) is 12.4. The molecule has 116 valence electrons. The van der Waals surface area contributed by atoms with Crippen molar-refractivity contribution in [2.24, 2.45) is 0 Å². The predicted molar refractivity (Wildman–Crippen MR) is 96.8 cm³/mol. The molecule has 0 saturated heterocycles. The zero-order chi connectivity index (χ0) is 16.5. The number of halogens is 1. The highest BCUT2D eigenvalue weighted by Crippen LogP contribution is 2.23. The Balaban J connectivity index is 1.62. The summed E-state index contributed by atoms with van der Waals surface area (Å²) in [7, 11) is 0. The summed E-state index contributed by atoms with van der Waals surface area (Å²) in [5.41, 5.74) is 2.92. The molecule has 0 aliphatic rings. The van der Waals surface area contributed by atoms with E-state index in [9.17, 15) is 4.79 Å². The number of rotatable bonds is 3. The van der Waals surface area contributed by atoms with Crippen LogP contribution in [0.5, 0.6) is 0 Å². The molecule has 2 aromatic carbocycles. The molecule has 0 N–H and O–H groups in total. The van der Waals surface area contributed by atoms with Gasteiger partial charge in [0.15, 0.2) is 5.76 Å². The SMILES string of the molecule is O=C(/C=C/c1cnc2ccccc2n1)c1cc2cc(Br)ccc2o1. The summed E-state index contributed by atoms with van der Waals surface area (Å²) >= 11 is 3.40. The van der Waals surface area contributed by atoms with Crippen LogP contribution >= 0.6 is 15.9 Å². The molecule has 4 aromatic rings. The Morgan fingerprint density at radius 3 is 2.79 bits per heavy atom. The van der Waals surface area contributed by atoms with Crippen LogP contribution in [0.1, 0.15) is 16.2 Å². The third-order valence-corrected chi connectivity index (χ3v) is 4.09. The van der Waals surface area contributed by atoms with Crippen LogP contribution in [0.15, 0.2) is 69.7 Å². The van der Waals surface area contributed by atoms with Gasteiger partial charge in [-0.2, -0.15) is 0 Å². The van der Waals surface area contributed by atoms with Gasteiger partial charge in [0, 0.05) is 9.86 Å². The largest absolute Gasteiger partial charge is 0.453 e. The molecule has 0 fully saturated rings. The number of fused-ring (bicyclic) bond motifs is 2. The second-order valence-corrected chi connectivity index (χ2v) is 6.19. The lowest BCUT2D eigenvalue weighted by Crippen LogP contribution is -1.92. The van der Waals surface area contributed by atoms with Crippen LogP contribution in [0.2, 0.25) is 0 Å². The van der Waals surface area contributed by atoms with Gasteiger partial charge < -0.3 is 4.42 Å². The molecule has 0 spiro atoms. The zero-order valence-corrected chi connectivity index (χ0v) is 14.0. The molecule has 0 unspecified atom stereocenters. The van der Waals surface area contributed by atoms with Gasteiger partial charge in [-0.15, -0.1) is 0 Å². The van der Waals surface area contributed by atoms with Gasteiger partial charge in [0.05, 0.1) is 22.9 Å². The summed E-state index contributed by atoms with van der Waals surface area (Å²) in [5.74, 6) is 0.0883. The number of hydrogen-bond donors (Lipinski definition) is 0. The highest BCUT2D eigenvalue weighted by atomic mass is 79.9. The molecular formula is C19H11BrN2O2. The number of carbonyl (C=O) groups is 1. The van der Waals surface area contributed by atoms with E-state index in [1.54, 1.807) is 18.3 Å². The van der Waals surface area contributed by atoms with E-state index in [0.717, 1.165) is 20.9 Å². The molecule has 0 aliphatic carbocycles. The van der Waals surface area contributed by atoms with Gasteiger partial charge in [-0.1, -0.05) is 28.1 Å². The van der Waals surface area contributed by atoms with E-state index in [0.29, 0.717) is 17.0 Å². The van der Waals surface area contributed by atoms with Gasteiger partial charge in [-0.3, -0.25) is 9.78 Å². The topological polar surface area (TPSA) is 56.0 Å². The van der Waals surface area contributed by atoms with Crippen LogP contribution in [-0.4, -0.2) is 15.8 Å². The van der Waals surface area contributed by atoms with Crippen molar-refractivity contribution in [1.82, 2.24) is 9.97 Å². The summed E-state index contributed by atoms with van der Waals surface area (Å²) in [4.78, 5) is 21.1. The summed E-state index contributed by atoms with van der Waals surface area (Å²) in [5, 5.41) is 0.881. The van der Waals surface area contributed by atoms with Crippen LogP contribution in [0.4, 0.5) is 0 Å². The predicted octanol–water partition coefficient (Wildman–Crippen LogP) is 5.03. The van der Waals surface area contributed by atoms with Crippen molar-refractivity contribution in [2.45, 2.75) is 0 Å². The molecule has 4 nitrogen and oxygen atoms in total. The number of hydrogen-bond acceptors (Lipinski definition) is 4. The summed E-state index contributed by atoms with van der Waals surface area (Å²) in [6.07, 6.45) is 4.73. The minimum atomic E-state index is -0.211. The van der Waals surface area contributed by atoms with Gasteiger partial charge in [0.25, 0.3) is 0 Å². The van der Waals surface area contributed by atoms with E-state index in [1.807, 2.05) is 42.5 Å². The standard InChI is InChI=1S/C19H11BrN2O2/c20-13-5-8-18-12(9-13)10-19(24-18)17(23)7-6-14-11-21-15-3-1-2-4-16(15)22-14/h1-11H/b7-6+. The molecule has 0 saturated carbocycles. The molecule has 24 heavy (non-hydrogen) atoms. The second kappa shape index (κ2) is 6.02. The first-order valence-electron chi connectivity index (χ1n) is 7.32. The Bertz CT molecular complexity index is 1100. The smallest absolute Gasteiger partial charge is 0.221 e. The number of carbonyl (C=O) groups excluding carboxylic acids is 1. The first-order chi connectivity index (χ1) is 11.7. The summed E-state index contributed by atoms with van der Waals surface area (Å²) in [6, 6.07) is 15.0. The Hall–Kier alpha value is -2.79. The second-order valence-electron chi connectivity index (χ2n) is 5.27. The molecule has 5 heteroatoms. The lowest BCUT2D eigenvalue weighted by Gasteiger charge is -1.97. The molecule has 4 rings (SSSR count). The average molecular weight is 379 g/mol. The fraction of sp³-hybridized carbons (Fsp3) is 0. The van der Waals surface area contributed by atoms with Crippen LogP contribution in [0.3, 0.4) is 0 Å². The van der Waals surface area contributed by atoms with Gasteiger partial charge in [0.2, 0.25) is 5.78 Å². The highest BCUT2D eigenvalue weighted by molar-refractivity contribution is 9.10. The van der Waals surface area contributed by atoms with E-state index >= 15 is 0 Å². The van der Waals surface area contributed by atoms with Gasteiger partial charge >= 0.3 is 0 Å². The lowest BCUT2D eigenvalue weighted by atomic mass is 10.2. The first kappa shape index (κ1) is 14.8. The number of para-hydroxylation sites is 2. The van der Waals surface area contributed by atoms with Crippen molar-refractivity contribution >= 4 is 49.8 Å². The quantitative estimate of drug-likeness (QED) is 0.370. The molecule has 0 atom stereocenters. The van der Waals surface area contributed by atoms with Crippen LogP contribution in [0, 0.1) is 0 Å². The summed E-state index contributed by atoms with van der Waals surface area (Å²) < 4.78 is 6.53. The number of nitrogens with zero attached hydrogens (tertiary/aromatic N) is 2. The summed E-state index contributed by atoms with van der Waals surface area (Å²) in [6.45, 7) is 0. The van der Waals surface area contributed by atoms with E-state index in [2.05, 4.69) is 25.9 Å². The number of aromatic nitrogens is 2. The normalized spacial score (nSPS) is 11.5. The van der Waals surface area contributed by atoms with E-state index in [1.165, 1.54) is 6.08 Å². The van der Waals surface area contributed by atoms with E-state index in [-0.39, 0.29) is 5.78 Å². The number of benzene rings is 2. The van der Waals surface area contributed by atoms with Gasteiger partial charge in [-0.25, -0.2) is 4.98 Å². The molecule has 0 radical (unpaired) electrons. The maximum atomic E-state index is 12.3. The fourth-order valence-electron chi connectivity index (χ4n) is 2.43. The monoisotopic (exact) mass is 378 g/mol. The minimum Gasteiger partial charge on any atom is -0.453 e. The van der Waals surface area contributed by atoms with Crippen molar-refractivity contribution in [3.05, 3.63) is 76.7 Å². The maximum absolute atomic E-state index is 12.3. The average Bonchev–Trinajstić information content (AvgIpc) is 3.02. The number of ketones is 1. The van der Waals surface area contributed by atoms with Crippen molar-refractivity contribution in [2.75, 3.05) is 0 Å². The Labute approximate surface area is 146 Å². The highest BCUT2D eigenvalue weighted by Gasteiger charge is 2.10. The third kappa shape index (κ3) is 2.86. The Morgan fingerprint density at radius 1 is 1.08 bits per heavy atom. The molecular weight excluding hydrogens is 368 g/mol. The van der Waals surface area contributed by atoms with Crippen molar-refractivity contribution in [1.29, 1.82) is 0 Å². The number of furan rings is 1. The Kier molecular flexibility index (Phi) is 3.70. The molecule has 2 heterocycles. The molecule has 0 amide bonds. The number of allylic oxidation sites excluding steroid dienone is 1. The first-order valence-corrected chi connectivity index (χ1v) is 8.12. The fourth-order valence-corrected chi connectivity index (χ4v) is 2.81. The van der Waals surface area contributed by atoms with Gasteiger partial charge in [-0.05, 0) is 48.6 Å². The van der Waals surface area contributed by atoms with Crippen molar-refractivity contribution in [3.63, 3.8) is 0 Å². The van der Waals surface area contributed by atoms with Crippen LogP contribution < -0.4 is 0 Å². The lowest BCUT2D eigenvalue weighted by molar-refractivity contribution is 0.102. The minimum absolute atomic E-state index is 0.211. The maximum Gasteiger partial charge on any atom is 0.221 e. The van der Waals surface area contributed by atoms with Crippen LogP contribution in [-0.2, 0) is 0 Å². The molecule has 2 aromatic heterocycles. The van der Waals surface area contributed by atoms with E-state index < -0.39 is 0 Å². The van der Waals surface area contributed by atoms with Crippen LogP contribution in [0.25, 0.3) is 28.1 Å². The van der Waals surface area contributed by atoms with Crippen molar-refractivity contribution < 1.29 is 9.21 Å². The Morgan fingerprint density at radius 2 is 1.92 bits per heavy atom. The third-order valence-electron chi connectivity index (χ3n) is 3.59. The van der Waals surface area contributed by atoms with E-state index in [4.69, 9.17) is 4.42 Å². The van der Waals surface area contributed by atoms with Crippen molar-refractivity contribution in [3.8, 4) is 0 Å². The molecule has 0 bridgehead atoms.